The van der Waals surface area contributed by atoms with E-state index in [9.17, 15) is 19.5 Å². The fraction of sp³-hybridized carbons (Fsp3) is 0.348. The molecule has 2 heterocycles. The van der Waals surface area contributed by atoms with E-state index in [1.54, 1.807) is 18.2 Å². The molecular formula is C23H25N3O4. The van der Waals surface area contributed by atoms with Crippen LogP contribution in [0.5, 0.6) is 5.75 Å². The summed E-state index contributed by atoms with van der Waals surface area (Å²) in [5.41, 5.74) is 1.33. The van der Waals surface area contributed by atoms with Crippen molar-refractivity contribution in [2.75, 3.05) is 18.4 Å². The zero-order valence-electron chi connectivity index (χ0n) is 16.7. The number of phenolic OH excluding ortho intramolecular Hbond substituents is 1. The summed E-state index contributed by atoms with van der Waals surface area (Å²) in [6, 6.07) is 15.7. The molecule has 0 radical (unpaired) electrons. The van der Waals surface area contributed by atoms with Crippen LogP contribution in [0.15, 0.2) is 54.6 Å². The lowest BCUT2D eigenvalue weighted by molar-refractivity contribution is -0.140. The van der Waals surface area contributed by atoms with Gasteiger partial charge in [0.05, 0.1) is 24.7 Å². The SMILES string of the molecule is O=C(Nc1ccccc1O)C1CCN(C2CC(=O)N(Cc3ccccc3)C2=O)CC1. The van der Waals surface area contributed by atoms with Gasteiger partial charge < -0.3 is 10.4 Å². The summed E-state index contributed by atoms with van der Waals surface area (Å²) < 4.78 is 0. The monoisotopic (exact) mass is 407 g/mol. The number of benzene rings is 2. The summed E-state index contributed by atoms with van der Waals surface area (Å²) in [6.07, 6.45) is 1.41. The highest BCUT2D eigenvalue weighted by molar-refractivity contribution is 6.05. The number of nitrogens with one attached hydrogen (secondary N) is 1. The standard InChI is InChI=1S/C23H25N3O4/c27-20-9-5-4-8-18(20)24-22(29)17-10-12-25(13-11-17)19-14-21(28)26(23(19)30)15-16-6-2-1-3-7-16/h1-9,17,19,27H,10-15H2,(H,24,29). The molecule has 2 saturated heterocycles. The van der Waals surface area contributed by atoms with E-state index in [0.717, 1.165) is 5.56 Å². The number of carbonyl (C=O) groups is 3. The van der Waals surface area contributed by atoms with Crippen LogP contribution in [0.2, 0.25) is 0 Å². The Morgan fingerprint density at radius 2 is 1.67 bits per heavy atom. The molecule has 1 atom stereocenters. The van der Waals surface area contributed by atoms with Crippen LogP contribution in [0.4, 0.5) is 5.69 Å². The van der Waals surface area contributed by atoms with E-state index in [2.05, 4.69) is 5.32 Å². The number of carbonyl (C=O) groups excluding carboxylic acids is 3. The quantitative estimate of drug-likeness (QED) is 0.587. The van der Waals surface area contributed by atoms with Crippen molar-refractivity contribution in [2.45, 2.75) is 31.8 Å². The maximum absolute atomic E-state index is 12.9. The van der Waals surface area contributed by atoms with Crippen molar-refractivity contribution in [1.29, 1.82) is 0 Å². The van der Waals surface area contributed by atoms with Gasteiger partial charge in [0.25, 0.3) is 0 Å². The van der Waals surface area contributed by atoms with Crippen LogP contribution in [-0.4, -0.2) is 51.8 Å². The molecule has 2 aliphatic rings. The average molecular weight is 407 g/mol. The molecule has 0 bridgehead atoms. The van der Waals surface area contributed by atoms with E-state index in [1.165, 1.54) is 11.0 Å². The highest BCUT2D eigenvalue weighted by Gasteiger charge is 2.43. The number of anilines is 1. The van der Waals surface area contributed by atoms with Crippen molar-refractivity contribution in [2.24, 2.45) is 5.92 Å². The normalized spacial score (nSPS) is 20.5. The van der Waals surface area contributed by atoms with E-state index < -0.39 is 6.04 Å². The summed E-state index contributed by atoms with van der Waals surface area (Å²) >= 11 is 0. The third-order valence-corrected chi connectivity index (χ3v) is 5.91. The highest BCUT2D eigenvalue weighted by atomic mass is 16.3. The number of nitrogens with zero attached hydrogens (tertiary/aromatic N) is 2. The molecule has 3 amide bonds. The number of amides is 3. The molecule has 4 rings (SSSR count). The van der Waals surface area contributed by atoms with Crippen molar-refractivity contribution >= 4 is 23.4 Å². The fourth-order valence-electron chi connectivity index (χ4n) is 4.17. The molecule has 0 saturated carbocycles. The molecule has 1 unspecified atom stereocenters. The molecule has 30 heavy (non-hydrogen) atoms. The molecule has 2 aliphatic heterocycles. The number of piperidine rings is 1. The molecule has 0 aliphatic carbocycles. The van der Waals surface area contributed by atoms with Crippen molar-refractivity contribution in [3.63, 3.8) is 0 Å². The van der Waals surface area contributed by atoms with Gasteiger partial charge in [-0.15, -0.1) is 0 Å². The van der Waals surface area contributed by atoms with Gasteiger partial charge in [0.1, 0.15) is 5.75 Å². The Kier molecular flexibility index (Phi) is 5.81. The first-order chi connectivity index (χ1) is 14.5. The minimum Gasteiger partial charge on any atom is -0.506 e. The van der Waals surface area contributed by atoms with Gasteiger partial charge in [0.2, 0.25) is 17.7 Å². The zero-order chi connectivity index (χ0) is 21.1. The van der Waals surface area contributed by atoms with Gasteiger partial charge in [-0.3, -0.25) is 24.2 Å². The molecule has 0 aromatic heterocycles. The van der Waals surface area contributed by atoms with Gasteiger partial charge in [-0.05, 0) is 43.6 Å². The zero-order valence-corrected chi connectivity index (χ0v) is 16.7. The maximum atomic E-state index is 12.9. The van der Waals surface area contributed by atoms with E-state index >= 15 is 0 Å². The van der Waals surface area contributed by atoms with E-state index in [0.29, 0.717) is 38.2 Å². The molecule has 7 heteroatoms. The first-order valence-electron chi connectivity index (χ1n) is 10.2. The predicted molar refractivity (Wildman–Crippen MR) is 111 cm³/mol. The van der Waals surface area contributed by atoms with E-state index in [4.69, 9.17) is 0 Å². The number of aromatic hydroxyl groups is 1. The third-order valence-electron chi connectivity index (χ3n) is 5.91. The Bertz CT molecular complexity index is 938. The number of likely N-dealkylation sites (tertiary alicyclic amines) is 2. The maximum Gasteiger partial charge on any atom is 0.247 e. The molecule has 7 nitrogen and oxygen atoms in total. The Morgan fingerprint density at radius 3 is 2.37 bits per heavy atom. The summed E-state index contributed by atoms with van der Waals surface area (Å²) in [5.74, 6) is -0.574. The third kappa shape index (κ3) is 4.21. The van der Waals surface area contributed by atoms with Gasteiger partial charge in [0, 0.05) is 5.92 Å². The molecule has 2 aromatic carbocycles. The van der Waals surface area contributed by atoms with Crippen molar-refractivity contribution < 1.29 is 19.5 Å². The highest BCUT2D eigenvalue weighted by Crippen LogP contribution is 2.28. The summed E-state index contributed by atoms with van der Waals surface area (Å²) in [4.78, 5) is 41.2. The number of para-hydroxylation sites is 2. The molecule has 0 spiro atoms. The molecule has 2 aromatic rings. The average Bonchev–Trinajstić information content (AvgIpc) is 3.04. The lowest BCUT2D eigenvalue weighted by atomic mass is 9.94. The van der Waals surface area contributed by atoms with Gasteiger partial charge in [0.15, 0.2) is 0 Å². The molecule has 2 N–H and O–H groups in total. The number of hydrogen-bond donors (Lipinski definition) is 2. The van der Waals surface area contributed by atoms with Crippen LogP contribution < -0.4 is 5.32 Å². The first kappa shape index (κ1) is 20.1. The number of phenols is 1. The predicted octanol–water partition coefficient (Wildman–Crippen LogP) is 2.37. The van der Waals surface area contributed by atoms with Gasteiger partial charge in [-0.1, -0.05) is 42.5 Å². The number of imide groups is 1. The van der Waals surface area contributed by atoms with Gasteiger partial charge in [-0.2, -0.15) is 0 Å². The Morgan fingerprint density at radius 1 is 1.00 bits per heavy atom. The Labute approximate surface area is 175 Å². The van der Waals surface area contributed by atoms with Gasteiger partial charge in [-0.25, -0.2) is 0 Å². The Balaban J connectivity index is 1.33. The minimum absolute atomic E-state index is 0.0388. The smallest absolute Gasteiger partial charge is 0.247 e. The van der Waals surface area contributed by atoms with Gasteiger partial charge >= 0.3 is 0 Å². The van der Waals surface area contributed by atoms with E-state index in [-0.39, 0.29) is 35.8 Å². The van der Waals surface area contributed by atoms with Crippen LogP contribution in [0, 0.1) is 5.92 Å². The largest absolute Gasteiger partial charge is 0.506 e. The Hall–Kier alpha value is -3.19. The lowest BCUT2D eigenvalue weighted by Gasteiger charge is -2.34. The van der Waals surface area contributed by atoms with Crippen molar-refractivity contribution in [3.05, 3.63) is 60.2 Å². The lowest BCUT2D eigenvalue weighted by Crippen LogP contribution is -2.47. The van der Waals surface area contributed by atoms with Crippen LogP contribution in [0.25, 0.3) is 0 Å². The number of hydrogen-bond acceptors (Lipinski definition) is 5. The van der Waals surface area contributed by atoms with E-state index in [1.807, 2.05) is 35.2 Å². The molecule has 2 fully saturated rings. The summed E-state index contributed by atoms with van der Waals surface area (Å²) in [6.45, 7) is 1.47. The van der Waals surface area contributed by atoms with Crippen molar-refractivity contribution in [3.8, 4) is 5.75 Å². The minimum atomic E-state index is -0.441. The molecular weight excluding hydrogens is 382 g/mol. The fourth-order valence-corrected chi connectivity index (χ4v) is 4.17. The van der Waals surface area contributed by atoms with Crippen LogP contribution >= 0.6 is 0 Å². The van der Waals surface area contributed by atoms with Crippen LogP contribution in [0.3, 0.4) is 0 Å². The first-order valence-corrected chi connectivity index (χ1v) is 10.2. The topological polar surface area (TPSA) is 89.9 Å². The second kappa shape index (κ2) is 8.67. The summed E-state index contributed by atoms with van der Waals surface area (Å²) in [5, 5.41) is 12.6. The summed E-state index contributed by atoms with van der Waals surface area (Å²) in [7, 11) is 0. The second-order valence-electron chi connectivity index (χ2n) is 7.84. The van der Waals surface area contributed by atoms with Crippen molar-refractivity contribution in [1.82, 2.24) is 9.80 Å². The number of rotatable bonds is 5. The second-order valence-corrected chi connectivity index (χ2v) is 7.84. The molecule has 156 valence electrons. The van der Waals surface area contributed by atoms with Crippen LogP contribution in [-0.2, 0) is 20.9 Å². The van der Waals surface area contributed by atoms with Crippen LogP contribution in [0.1, 0.15) is 24.8 Å².